The summed E-state index contributed by atoms with van der Waals surface area (Å²) in [5, 5.41) is 0. The number of pyridine rings is 1. The molecule has 7 heteroatoms. The predicted molar refractivity (Wildman–Crippen MR) is 100.0 cm³/mol. The minimum atomic E-state index is -0.513. The molecule has 1 aliphatic carbocycles. The zero-order valence-electron chi connectivity index (χ0n) is 14.9. The number of hydrogen-bond acceptors (Lipinski definition) is 5. The van der Waals surface area contributed by atoms with Crippen molar-refractivity contribution in [2.75, 3.05) is 31.1 Å². The van der Waals surface area contributed by atoms with Crippen molar-refractivity contribution in [3.63, 3.8) is 0 Å². The molecule has 1 aromatic heterocycles. The third-order valence-electron chi connectivity index (χ3n) is 5.23. The zero-order chi connectivity index (χ0) is 19.0. The van der Waals surface area contributed by atoms with Crippen LogP contribution in [0.15, 0.2) is 36.5 Å². The summed E-state index contributed by atoms with van der Waals surface area (Å²) in [6, 6.07) is 8.72. The van der Waals surface area contributed by atoms with E-state index >= 15 is 0 Å². The quantitative estimate of drug-likeness (QED) is 0.885. The summed E-state index contributed by atoms with van der Waals surface area (Å²) in [4.78, 5) is 44.6. The van der Waals surface area contributed by atoms with Crippen molar-refractivity contribution in [2.24, 2.45) is 5.73 Å². The molecule has 1 aromatic carbocycles. The van der Waals surface area contributed by atoms with Crippen LogP contribution in [0.4, 0.5) is 5.82 Å². The van der Waals surface area contributed by atoms with E-state index in [0.29, 0.717) is 61.5 Å². The molecular formula is C20H20N4O3. The third-order valence-corrected chi connectivity index (χ3v) is 5.23. The molecule has 1 aliphatic heterocycles. The van der Waals surface area contributed by atoms with E-state index in [9.17, 15) is 14.4 Å². The Morgan fingerprint density at radius 1 is 0.963 bits per heavy atom. The second kappa shape index (κ2) is 6.83. The molecule has 0 atom stereocenters. The van der Waals surface area contributed by atoms with Crippen molar-refractivity contribution in [1.29, 1.82) is 0 Å². The molecule has 2 aromatic rings. The maximum Gasteiger partial charge on any atom is 0.254 e. The summed E-state index contributed by atoms with van der Waals surface area (Å²) in [6.45, 7) is 2.17. The second-order valence-corrected chi connectivity index (χ2v) is 6.77. The average Bonchev–Trinajstić information content (AvgIpc) is 3.09. The fourth-order valence-corrected chi connectivity index (χ4v) is 3.82. The highest BCUT2D eigenvalue weighted by Crippen LogP contribution is 2.27. The van der Waals surface area contributed by atoms with Crippen LogP contribution in [0.1, 0.15) is 43.1 Å². The van der Waals surface area contributed by atoms with Crippen LogP contribution in [0.3, 0.4) is 0 Å². The number of ketones is 1. The first-order chi connectivity index (χ1) is 13.1. The summed E-state index contributed by atoms with van der Waals surface area (Å²) in [5.74, 6) is 0.111. The normalized spacial score (nSPS) is 16.4. The number of Topliss-reactive ketones (excluding diaryl/α,β-unsaturated/α-hetero) is 1. The number of fused-ring (bicyclic) bond motifs is 1. The molecule has 1 saturated heterocycles. The number of hydrogen-bond donors (Lipinski definition) is 1. The number of carbonyl (C=O) groups excluding carboxylic acids is 3. The zero-order valence-corrected chi connectivity index (χ0v) is 14.9. The summed E-state index contributed by atoms with van der Waals surface area (Å²) in [6.07, 6.45) is 2.73. The van der Waals surface area contributed by atoms with Crippen LogP contribution < -0.4 is 10.6 Å². The lowest BCUT2D eigenvalue weighted by atomic mass is 10.0. The Morgan fingerprint density at radius 3 is 2.44 bits per heavy atom. The number of piperazine rings is 1. The molecule has 0 radical (unpaired) electrons. The number of amides is 2. The molecular weight excluding hydrogens is 344 g/mol. The molecule has 4 rings (SSSR count). The Kier molecular flexibility index (Phi) is 4.35. The summed E-state index contributed by atoms with van der Waals surface area (Å²) in [7, 11) is 0. The maximum absolute atomic E-state index is 13.0. The molecule has 2 heterocycles. The van der Waals surface area contributed by atoms with Gasteiger partial charge in [-0.1, -0.05) is 12.1 Å². The van der Waals surface area contributed by atoms with Crippen molar-refractivity contribution in [3.8, 4) is 0 Å². The number of anilines is 1. The van der Waals surface area contributed by atoms with Gasteiger partial charge in [-0.05, 0) is 30.2 Å². The van der Waals surface area contributed by atoms with Crippen LogP contribution in [0, 0.1) is 0 Å². The third kappa shape index (κ3) is 3.05. The van der Waals surface area contributed by atoms with E-state index < -0.39 is 5.91 Å². The van der Waals surface area contributed by atoms with Gasteiger partial charge in [-0.2, -0.15) is 0 Å². The van der Waals surface area contributed by atoms with Crippen LogP contribution in [0.25, 0.3) is 0 Å². The Morgan fingerprint density at radius 2 is 1.70 bits per heavy atom. The summed E-state index contributed by atoms with van der Waals surface area (Å²) < 4.78 is 0. The van der Waals surface area contributed by atoms with E-state index in [1.165, 1.54) is 0 Å². The first kappa shape index (κ1) is 17.2. The SMILES string of the molecule is NC(=O)c1cccnc1N1CCN(C(=O)c2cccc3c2CCC3=O)CC1. The van der Waals surface area contributed by atoms with Crippen molar-refractivity contribution in [1.82, 2.24) is 9.88 Å². The molecule has 0 saturated carbocycles. The first-order valence-electron chi connectivity index (χ1n) is 9.00. The van der Waals surface area contributed by atoms with Gasteiger partial charge in [0.15, 0.2) is 5.78 Å². The molecule has 138 valence electrons. The van der Waals surface area contributed by atoms with E-state index in [-0.39, 0.29) is 11.7 Å². The lowest BCUT2D eigenvalue weighted by Gasteiger charge is -2.36. The minimum Gasteiger partial charge on any atom is -0.365 e. The highest BCUT2D eigenvalue weighted by Gasteiger charge is 2.29. The fraction of sp³-hybridized carbons (Fsp3) is 0.300. The van der Waals surface area contributed by atoms with Gasteiger partial charge in [0.2, 0.25) is 0 Å². The number of aromatic nitrogens is 1. The maximum atomic E-state index is 13.0. The van der Waals surface area contributed by atoms with Gasteiger partial charge < -0.3 is 15.5 Å². The highest BCUT2D eigenvalue weighted by molar-refractivity contribution is 6.05. The van der Waals surface area contributed by atoms with Gasteiger partial charge in [0.05, 0.1) is 5.56 Å². The number of nitrogens with zero attached hydrogens (tertiary/aromatic N) is 3. The second-order valence-electron chi connectivity index (χ2n) is 6.77. The Hall–Kier alpha value is -3.22. The molecule has 2 aliphatic rings. The molecule has 0 unspecified atom stereocenters. The van der Waals surface area contributed by atoms with E-state index in [1.54, 1.807) is 41.4 Å². The van der Waals surface area contributed by atoms with E-state index in [0.717, 1.165) is 5.56 Å². The van der Waals surface area contributed by atoms with Crippen LogP contribution >= 0.6 is 0 Å². The predicted octanol–water partition coefficient (Wildman–Crippen LogP) is 1.27. The van der Waals surface area contributed by atoms with E-state index in [1.807, 2.05) is 4.90 Å². The van der Waals surface area contributed by atoms with Gasteiger partial charge in [0.25, 0.3) is 11.8 Å². The number of nitrogens with two attached hydrogens (primary N) is 1. The van der Waals surface area contributed by atoms with Gasteiger partial charge >= 0.3 is 0 Å². The number of primary amides is 1. The van der Waals surface area contributed by atoms with Gasteiger partial charge in [0, 0.05) is 49.9 Å². The van der Waals surface area contributed by atoms with Crippen molar-refractivity contribution >= 4 is 23.4 Å². The van der Waals surface area contributed by atoms with Crippen LogP contribution in [-0.4, -0.2) is 53.7 Å². The Labute approximate surface area is 156 Å². The molecule has 1 fully saturated rings. The lowest BCUT2D eigenvalue weighted by Crippen LogP contribution is -2.49. The smallest absolute Gasteiger partial charge is 0.254 e. The van der Waals surface area contributed by atoms with Gasteiger partial charge in [-0.15, -0.1) is 0 Å². The van der Waals surface area contributed by atoms with E-state index in [2.05, 4.69) is 4.98 Å². The first-order valence-corrected chi connectivity index (χ1v) is 9.00. The van der Waals surface area contributed by atoms with Gasteiger partial charge in [-0.3, -0.25) is 14.4 Å². The molecule has 27 heavy (non-hydrogen) atoms. The molecule has 0 bridgehead atoms. The summed E-state index contributed by atoms with van der Waals surface area (Å²) >= 11 is 0. The van der Waals surface area contributed by atoms with Gasteiger partial charge in [-0.25, -0.2) is 4.98 Å². The summed E-state index contributed by atoms with van der Waals surface area (Å²) in [5.41, 5.74) is 8.00. The molecule has 0 spiro atoms. The number of rotatable bonds is 3. The average molecular weight is 364 g/mol. The molecule has 7 nitrogen and oxygen atoms in total. The van der Waals surface area contributed by atoms with Crippen LogP contribution in [0.5, 0.6) is 0 Å². The lowest BCUT2D eigenvalue weighted by molar-refractivity contribution is 0.0744. The number of carbonyl (C=O) groups is 3. The molecule has 2 amide bonds. The van der Waals surface area contributed by atoms with Crippen LogP contribution in [-0.2, 0) is 6.42 Å². The van der Waals surface area contributed by atoms with Crippen molar-refractivity contribution in [3.05, 3.63) is 58.8 Å². The monoisotopic (exact) mass is 364 g/mol. The topological polar surface area (TPSA) is 96.6 Å². The number of benzene rings is 1. The Bertz CT molecular complexity index is 933. The Balaban J connectivity index is 1.50. The highest BCUT2D eigenvalue weighted by atomic mass is 16.2. The largest absolute Gasteiger partial charge is 0.365 e. The fourth-order valence-electron chi connectivity index (χ4n) is 3.82. The van der Waals surface area contributed by atoms with Gasteiger partial charge in [0.1, 0.15) is 5.82 Å². The van der Waals surface area contributed by atoms with Crippen molar-refractivity contribution in [2.45, 2.75) is 12.8 Å². The van der Waals surface area contributed by atoms with Crippen LogP contribution in [0.2, 0.25) is 0 Å². The molecule has 2 N–H and O–H groups in total. The van der Waals surface area contributed by atoms with Crippen molar-refractivity contribution < 1.29 is 14.4 Å². The van der Waals surface area contributed by atoms with E-state index in [4.69, 9.17) is 5.73 Å². The standard InChI is InChI=1S/C20H20N4O3/c21-18(26)16-5-2-8-22-19(16)23-9-11-24(12-10-23)20(27)15-4-1-3-14-13(15)6-7-17(14)25/h1-5,8H,6-7,9-12H2,(H2,21,26). The minimum absolute atomic E-state index is 0.0441.